The first-order chi connectivity index (χ1) is 11.6. The fourth-order valence-corrected chi connectivity index (χ4v) is 3.40. The smallest absolute Gasteiger partial charge is 0.194 e. The molecule has 0 aliphatic carbocycles. The summed E-state index contributed by atoms with van der Waals surface area (Å²) in [5.41, 5.74) is 3.52. The van der Waals surface area contributed by atoms with Crippen molar-refractivity contribution in [2.24, 2.45) is 12.0 Å². The van der Waals surface area contributed by atoms with Crippen molar-refractivity contribution in [2.45, 2.75) is 13.1 Å². The molecule has 0 saturated carbocycles. The zero-order valence-corrected chi connectivity index (χ0v) is 15.8. The van der Waals surface area contributed by atoms with E-state index in [0.717, 1.165) is 28.2 Å². The highest BCUT2D eigenvalue weighted by atomic mass is 79.9. The fraction of sp³-hybridized carbons (Fsp3) is 0.278. The molecule has 0 unspecified atom stereocenters. The van der Waals surface area contributed by atoms with Gasteiger partial charge < -0.3 is 19.8 Å². The van der Waals surface area contributed by atoms with Crippen molar-refractivity contribution in [3.63, 3.8) is 0 Å². The average Bonchev–Trinajstić information content (AvgIpc) is 3.10. The largest absolute Gasteiger partial charge is 0.357 e. The number of hydrogen-bond donors (Lipinski definition) is 2. The Labute approximate surface area is 150 Å². The normalized spacial score (nSPS) is 11.9. The minimum absolute atomic E-state index is 0.711. The zero-order chi connectivity index (χ0) is 17.1. The van der Waals surface area contributed by atoms with E-state index in [0.29, 0.717) is 6.54 Å². The van der Waals surface area contributed by atoms with E-state index in [2.05, 4.69) is 84.3 Å². The number of aromatic nitrogens is 2. The fourth-order valence-electron chi connectivity index (χ4n) is 2.83. The molecule has 24 heavy (non-hydrogen) atoms. The van der Waals surface area contributed by atoms with Crippen LogP contribution in [0.4, 0.5) is 0 Å². The van der Waals surface area contributed by atoms with Crippen molar-refractivity contribution in [2.75, 3.05) is 14.1 Å². The maximum Gasteiger partial charge on any atom is 0.194 e. The van der Waals surface area contributed by atoms with Crippen molar-refractivity contribution in [3.8, 4) is 0 Å². The van der Waals surface area contributed by atoms with Gasteiger partial charge in [0.15, 0.2) is 5.96 Å². The number of rotatable bonds is 4. The van der Waals surface area contributed by atoms with Crippen LogP contribution in [-0.2, 0) is 20.1 Å². The van der Waals surface area contributed by atoms with Crippen LogP contribution in [-0.4, -0.2) is 34.5 Å². The molecule has 2 heterocycles. The quantitative estimate of drug-likeness (QED) is 0.531. The maximum atomic E-state index is 4.39. The summed E-state index contributed by atoms with van der Waals surface area (Å²) < 4.78 is 3.21. The Kier molecular flexibility index (Phi) is 4.94. The predicted octanol–water partition coefficient (Wildman–Crippen LogP) is 3.48. The lowest BCUT2D eigenvalue weighted by Crippen LogP contribution is -2.38. The number of nitrogens with one attached hydrogen (secondary N) is 2. The molecule has 0 atom stereocenters. The number of guanidine groups is 1. The van der Waals surface area contributed by atoms with Crippen LogP contribution in [0.1, 0.15) is 11.4 Å². The molecule has 0 aliphatic heterocycles. The van der Waals surface area contributed by atoms with Crippen LogP contribution in [0.25, 0.3) is 10.9 Å². The number of fused-ring (bicyclic) bond motifs is 1. The van der Waals surface area contributed by atoms with Crippen LogP contribution in [0.5, 0.6) is 0 Å². The lowest BCUT2D eigenvalue weighted by atomic mass is 10.2. The van der Waals surface area contributed by atoms with Crippen molar-refractivity contribution in [1.29, 1.82) is 0 Å². The van der Waals surface area contributed by atoms with Crippen LogP contribution in [0.15, 0.2) is 52.1 Å². The molecule has 0 bridgehead atoms. The molecule has 2 N–H and O–H groups in total. The summed E-state index contributed by atoms with van der Waals surface area (Å²) >= 11 is 3.52. The lowest BCUT2D eigenvalue weighted by molar-refractivity contribution is 0.461. The first-order valence-electron chi connectivity index (χ1n) is 7.86. The Balaban J connectivity index is 1.64. The van der Waals surface area contributed by atoms with Crippen LogP contribution < -0.4 is 5.32 Å². The van der Waals surface area contributed by atoms with Gasteiger partial charge in [-0.15, -0.1) is 0 Å². The number of para-hydroxylation sites is 1. The Hall–Kier alpha value is -2.21. The molecule has 3 aromatic rings. The summed E-state index contributed by atoms with van der Waals surface area (Å²) in [5, 5.41) is 4.64. The zero-order valence-electron chi connectivity index (χ0n) is 14.2. The molecule has 0 saturated heterocycles. The number of aliphatic imine (C=N–C) groups is 1. The van der Waals surface area contributed by atoms with E-state index in [1.165, 1.54) is 11.1 Å². The average molecular weight is 388 g/mol. The summed E-state index contributed by atoms with van der Waals surface area (Å²) in [6.07, 6.45) is 2.06. The number of nitrogens with zero attached hydrogens (tertiary/aromatic N) is 3. The van der Waals surface area contributed by atoms with Gasteiger partial charge >= 0.3 is 0 Å². The Morgan fingerprint density at radius 1 is 1.33 bits per heavy atom. The molecule has 2 aromatic heterocycles. The van der Waals surface area contributed by atoms with Crippen LogP contribution in [0, 0.1) is 0 Å². The van der Waals surface area contributed by atoms with Gasteiger partial charge in [-0.05, 0) is 39.5 Å². The van der Waals surface area contributed by atoms with Crippen molar-refractivity contribution >= 4 is 32.8 Å². The highest BCUT2D eigenvalue weighted by molar-refractivity contribution is 9.10. The first-order valence-corrected chi connectivity index (χ1v) is 8.65. The standard InChI is InChI=1S/C18H22BrN5/c1-20-18(24(3)12-16-9-14(19)11-23(16)2)21-10-15-8-13-6-4-5-7-17(13)22-15/h4-9,11,22H,10,12H2,1-3H3,(H,20,21). The van der Waals surface area contributed by atoms with E-state index in [9.17, 15) is 0 Å². The van der Waals surface area contributed by atoms with Crippen LogP contribution >= 0.6 is 15.9 Å². The number of aryl methyl sites for hydroxylation is 1. The van der Waals surface area contributed by atoms with E-state index < -0.39 is 0 Å². The number of H-pyrrole nitrogens is 1. The maximum absolute atomic E-state index is 4.39. The molecule has 1 aromatic carbocycles. The van der Waals surface area contributed by atoms with E-state index in [-0.39, 0.29) is 0 Å². The Morgan fingerprint density at radius 3 is 2.79 bits per heavy atom. The molecule has 3 rings (SSSR count). The minimum Gasteiger partial charge on any atom is -0.357 e. The van der Waals surface area contributed by atoms with E-state index in [1.54, 1.807) is 0 Å². The molecule has 126 valence electrons. The molecular weight excluding hydrogens is 366 g/mol. The molecular formula is C18H22BrN5. The second-order valence-electron chi connectivity index (χ2n) is 5.90. The van der Waals surface area contributed by atoms with Gasteiger partial charge in [-0.25, -0.2) is 0 Å². The van der Waals surface area contributed by atoms with Gasteiger partial charge in [0.05, 0.1) is 13.1 Å². The summed E-state index contributed by atoms with van der Waals surface area (Å²) in [6, 6.07) is 12.6. The molecule has 5 nitrogen and oxygen atoms in total. The third kappa shape index (κ3) is 3.64. The van der Waals surface area contributed by atoms with E-state index in [4.69, 9.17) is 0 Å². The summed E-state index contributed by atoms with van der Waals surface area (Å²) in [7, 11) is 5.90. The summed E-state index contributed by atoms with van der Waals surface area (Å²) in [6.45, 7) is 1.50. The van der Waals surface area contributed by atoms with Gasteiger partial charge in [0.1, 0.15) is 0 Å². The van der Waals surface area contributed by atoms with Gasteiger partial charge in [-0.1, -0.05) is 18.2 Å². The third-order valence-corrected chi connectivity index (χ3v) is 4.50. The number of hydrogen-bond acceptors (Lipinski definition) is 1. The second-order valence-corrected chi connectivity index (χ2v) is 6.81. The molecule has 0 radical (unpaired) electrons. The minimum atomic E-state index is 0.711. The Morgan fingerprint density at radius 2 is 2.12 bits per heavy atom. The molecule has 0 amide bonds. The first kappa shape index (κ1) is 16.6. The predicted molar refractivity (Wildman–Crippen MR) is 103 cm³/mol. The lowest BCUT2D eigenvalue weighted by Gasteiger charge is -2.22. The summed E-state index contributed by atoms with van der Waals surface area (Å²) in [4.78, 5) is 9.93. The molecule has 0 spiro atoms. The van der Waals surface area contributed by atoms with Crippen LogP contribution in [0.2, 0.25) is 0 Å². The van der Waals surface area contributed by atoms with Gasteiger partial charge in [0.2, 0.25) is 0 Å². The van der Waals surface area contributed by atoms with Crippen molar-refractivity contribution in [3.05, 3.63) is 58.5 Å². The monoisotopic (exact) mass is 387 g/mol. The van der Waals surface area contributed by atoms with Crippen molar-refractivity contribution in [1.82, 2.24) is 19.8 Å². The van der Waals surface area contributed by atoms with E-state index >= 15 is 0 Å². The molecule has 6 heteroatoms. The Bertz CT molecular complexity index is 828. The van der Waals surface area contributed by atoms with Crippen molar-refractivity contribution < 1.29 is 0 Å². The number of halogens is 1. The number of aromatic amines is 1. The van der Waals surface area contributed by atoms with Gasteiger partial charge in [0, 0.05) is 48.7 Å². The van der Waals surface area contributed by atoms with Gasteiger partial charge in [0.25, 0.3) is 0 Å². The second kappa shape index (κ2) is 7.13. The molecule has 0 aliphatic rings. The van der Waals surface area contributed by atoms with E-state index in [1.807, 2.05) is 20.2 Å². The molecule has 0 fully saturated rings. The third-order valence-electron chi connectivity index (χ3n) is 4.07. The van der Waals surface area contributed by atoms with Gasteiger partial charge in [-0.3, -0.25) is 4.99 Å². The summed E-state index contributed by atoms with van der Waals surface area (Å²) in [5.74, 6) is 0.867. The van der Waals surface area contributed by atoms with Crippen LogP contribution in [0.3, 0.4) is 0 Å². The number of benzene rings is 1. The topological polar surface area (TPSA) is 48.4 Å². The highest BCUT2D eigenvalue weighted by Crippen LogP contribution is 2.16. The highest BCUT2D eigenvalue weighted by Gasteiger charge is 2.10. The SMILES string of the molecule is CN=C(NCc1cc2ccccc2[nH]1)N(C)Cc1cc(Br)cn1C. The van der Waals surface area contributed by atoms with Gasteiger partial charge in [-0.2, -0.15) is 0 Å².